The summed E-state index contributed by atoms with van der Waals surface area (Å²) in [6.07, 6.45) is 5.00. The van der Waals surface area contributed by atoms with Gasteiger partial charge in [-0.1, -0.05) is 0 Å². The van der Waals surface area contributed by atoms with Gasteiger partial charge in [-0.15, -0.1) is 0 Å². The minimum Gasteiger partial charge on any atom is -0.741 e. The van der Waals surface area contributed by atoms with Gasteiger partial charge in [-0.2, -0.15) is 26.3 Å². The van der Waals surface area contributed by atoms with Crippen LogP contribution in [0, 0.1) is 5.41 Å². The Morgan fingerprint density at radius 1 is 0.684 bits per heavy atom. The minimum absolute atomic E-state index is 0.201. The average molecular weight is 660 g/mol. The van der Waals surface area contributed by atoms with Gasteiger partial charge in [-0.05, 0) is 0 Å². The molecular formula is C23H18F6O6S2Zr. The molecule has 0 radical (unpaired) electrons. The number of hydrogen-bond acceptors (Lipinski definition) is 6. The molecule has 0 spiro atoms. The van der Waals surface area contributed by atoms with Gasteiger partial charge in [0.1, 0.15) is 0 Å². The van der Waals surface area contributed by atoms with Crippen molar-refractivity contribution in [1.29, 1.82) is 0 Å². The van der Waals surface area contributed by atoms with E-state index in [9.17, 15) is 26.3 Å². The fourth-order valence-electron chi connectivity index (χ4n) is 4.42. The van der Waals surface area contributed by atoms with Crippen molar-refractivity contribution >= 4 is 32.4 Å². The molecule has 0 aromatic heterocycles. The van der Waals surface area contributed by atoms with E-state index < -0.39 is 54.5 Å². The number of benzene rings is 2. The predicted molar refractivity (Wildman–Crippen MR) is 120 cm³/mol. The van der Waals surface area contributed by atoms with Crippen LogP contribution in [0.5, 0.6) is 0 Å². The van der Waals surface area contributed by atoms with Crippen LogP contribution in [-0.4, -0.2) is 37.0 Å². The molecule has 0 amide bonds. The van der Waals surface area contributed by atoms with E-state index in [4.69, 9.17) is 25.9 Å². The Bertz CT molecular complexity index is 1400. The van der Waals surface area contributed by atoms with Crippen molar-refractivity contribution in [3.63, 3.8) is 0 Å². The first kappa shape index (κ1) is 30.7. The zero-order chi connectivity index (χ0) is 28.9. The first-order valence-electron chi connectivity index (χ1n) is 10.6. The summed E-state index contributed by atoms with van der Waals surface area (Å²) in [6.45, 7) is 4.89. The molecule has 5 rings (SSSR count). The number of alkyl halides is 6. The molecule has 2 aromatic carbocycles. The van der Waals surface area contributed by atoms with Crippen molar-refractivity contribution < 1.29 is 75.5 Å². The summed E-state index contributed by atoms with van der Waals surface area (Å²) < 4.78 is 119. The van der Waals surface area contributed by atoms with Crippen molar-refractivity contribution in [1.82, 2.24) is 0 Å². The van der Waals surface area contributed by atoms with Crippen molar-refractivity contribution in [2.24, 2.45) is 5.41 Å². The summed E-state index contributed by atoms with van der Waals surface area (Å²) in [5, 5.41) is 0. The molecule has 15 heteroatoms. The Labute approximate surface area is 226 Å². The molecule has 38 heavy (non-hydrogen) atoms. The van der Waals surface area contributed by atoms with E-state index in [2.05, 4.69) is 74.5 Å². The molecule has 1 saturated heterocycles. The van der Waals surface area contributed by atoms with Gasteiger partial charge in [-0.3, -0.25) is 0 Å². The maximum absolute atomic E-state index is 10.7. The number of hydrogen-bond donors (Lipinski definition) is 0. The topological polar surface area (TPSA) is 114 Å². The molecule has 1 fully saturated rings. The summed E-state index contributed by atoms with van der Waals surface area (Å²) in [5.74, 6) is 0. The van der Waals surface area contributed by atoms with Crippen LogP contribution in [0.4, 0.5) is 26.3 Å². The molecule has 204 valence electrons. The predicted octanol–water partition coefficient (Wildman–Crippen LogP) is 5.49. The van der Waals surface area contributed by atoms with Crippen LogP contribution >= 0.6 is 0 Å². The van der Waals surface area contributed by atoms with E-state index in [1.165, 1.54) is 11.1 Å². The number of halogens is 6. The fourth-order valence-corrected chi connectivity index (χ4v) is 10.5. The second-order valence-corrected chi connectivity index (χ2v) is 15.3. The van der Waals surface area contributed by atoms with Crippen LogP contribution in [0.2, 0.25) is 0 Å². The normalized spacial score (nSPS) is 20.8. The Balaban J connectivity index is 0.000000209. The Hall–Kier alpha value is -1.80. The fraction of sp³-hybridized carbons (Fsp3) is 0.304. The molecule has 1 heterocycles. The maximum Gasteiger partial charge on any atom is 0.485 e. The van der Waals surface area contributed by atoms with Crippen molar-refractivity contribution in [2.45, 2.75) is 32.1 Å². The van der Waals surface area contributed by atoms with Crippen LogP contribution < -0.4 is 0 Å². The van der Waals surface area contributed by atoms with Gasteiger partial charge in [0.05, 0.1) is 0 Å². The molecule has 6 nitrogen and oxygen atoms in total. The van der Waals surface area contributed by atoms with E-state index in [-0.39, 0.29) is 5.41 Å². The standard InChI is InChI=1S/C21H18.2CHF3O3S.Zr/c1-21(2,19-11-15-7-3-4-8-16(15)12-19)20-13-17-9-5-6-10-18(17)14-20;2*2-1(3,4)8(5,6)7;/h3-14H,1-2H3;2*(H,5,6,7);/q;;;+2/p-2. The van der Waals surface area contributed by atoms with Gasteiger partial charge >= 0.3 is 155 Å². The third kappa shape index (κ3) is 6.17. The SMILES string of the molecule is CC1(C)C2=Cc3ccccc3[CH]2[Zr+2][CH]2C1=Cc1ccccc12.O=S(=O)([O-])C(F)(F)F.O=S(=O)([O-])C(F)(F)F. The second-order valence-electron chi connectivity index (χ2n) is 8.91. The van der Waals surface area contributed by atoms with Gasteiger partial charge in [-0.25, -0.2) is 16.8 Å². The van der Waals surface area contributed by atoms with Crippen molar-refractivity contribution in [3.8, 4) is 0 Å². The van der Waals surface area contributed by atoms with E-state index in [0.29, 0.717) is 0 Å². The van der Waals surface area contributed by atoms with Crippen LogP contribution in [0.3, 0.4) is 0 Å². The molecule has 1 aliphatic heterocycles. The second kappa shape index (κ2) is 10.3. The minimum atomic E-state index is -6.09. The maximum atomic E-state index is 10.7. The third-order valence-corrected chi connectivity index (χ3v) is 12.0. The van der Waals surface area contributed by atoms with Crippen molar-refractivity contribution in [2.75, 3.05) is 0 Å². The van der Waals surface area contributed by atoms with Crippen LogP contribution in [-0.2, 0) is 43.5 Å². The molecule has 2 aromatic rings. The molecule has 2 unspecified atom stereocenters. The first-order chi connectivity index (χ1) is 17.2. The van der Waals surface area contributed by atoms with Gasteiger partial charge in [0.25, 0.3) is 0 Å². The van der Waals surface area contributed by atoms with Crippen LogP contribution in [0.1, 0.15) is 43.4 Å². The monoisotopic (exact) mass is 658 g/mol. The molecule has 0 bridgehead atoms. The summed E-state index contributed by atoms with van der Waals surface area (Å²) in [4.78, 5) is 0. The largest absolute Gasteiger partial charge is 0.741 e. The third-order valence-electron chi connectivity index (χ3n) is 6.20. The summed E-state index contributed by atoms with van der Waals surface area (Å²) in [7, 11) is -12.2. The Morgan fingerprint density at radius 2 is 0.974 bits per heavy atom. The van der Waals surface area contributed by atoms with Crippen molar-refractivity contribution in [3.05, 3.63) is 81.9 Å². The molecule has 2 atom stereocenters. The van der Waals surface area contributed by atoms with E-state index >= 15 is 0 Å². The van der Waals surface area contributed by atoms with Gasteiger partial charge in [0.15, 0.2) is 20.2 Å². The van der Waals surface area contributed by atoms with Crippen LogP contribution in [0.15, 0.2) is 59.7 Å². The first-order valence-corrected chi connectivity index (χ1v) is 16.2. The molecule has 2 aliphatic carbocycles. The Morgan fingerprint density at radius 3 is 1.26 bits per heavy atom. The quantitative estimate of drug-likeness (QED) is 0.210. The summed E-state index contributed by atoms with van der Waals surface area (Å²) in [5.41, 5.74) is -1.53. The zero-order valence-corrected chi connectivity index (χ0v) is 23.6. The number of fused-ring (bicyclic) bond motifs is 6. The zero-order valence-electron chi connectivity index (χ0n) is 19.5. The molecule has 3 aliphatic rings. The van der Waals surface area contributed by atoms with Gasteiger partial charge in [0, 0.05) is 0 Å². The summed E-state index contributed by atoms with van der Waals surface area (Å²) >= 11 is -0.589. The molecular weight excluding hydrogens is 642 g/mol. The average Bonchev–Trinajstić information content (AvgIpc) is 3.32. The smallest absolute Gasteiger partial charge is 0.485 e. The van der Waals surface area contributed by atoms with E-state index in [1.807, 2.05) is 0 Å². The number of rotatable bonds is 0. The Kier molecular flexibility index (Phi) is 8.34. The van der Waals surface area contributed by atoms with Gasteiger partial charge in [0.2, 0.25) is 0 Å². The number of allylic oxidation sites excluding steroid dienone is 2. The van der Waals surface area contributed by atoms with Crippen LogP contribution in [0.25, 0.3) is 12.2 Å². The van der Waals surface area contributed by atoms with Gasteiger partial charge < -0.3 is 9.11 Å². The molecule has 0 saturated carbocycles. The van der Waals surface area contributed by atoms with E-state index in [0.717, 1.165) is 7.25 Å². The van der Waals surface area contributed by atoms with E-state index in [1.54, 1.807) is 22.3 Å². The summed E-state index contributed by atoms with van der Waals surface area (Å²) in [6, 6.07) is 18.1. The molecule has 0 N–H and O–H groups in total.